The Morgan fingerprint density at radius 2 is 2.22 bits per heavy atom. The van der Waals surface area contributed by atoms with E-state index in [4.69, 9.17) is 11.6 Å². The average Bonchev–Trinajstić information content (AvgIpc) is 2.97. The van der Waals surface area contributed by atoms with E-state index in [1.165, 1.54) is 25.8 Å². The number of piperidine rings is 1. The number of nitrogens with one attached hydrogen (secondary N) is 1. The average molecular weight is 287 g/mol. The number of hydrogen-bond acceptors (Lipinski definition) is 5. The largest absolute Gasteiger partial charge is 0.346 e. The van der Waals surface area contributed by atoms with Crippen LogP contribution in [0.5, 0.6) is 0 Å². The van der Waals surface area contributed by atoms with Gasteiger partial charge in [-0.1, -0.05) is 17.8 Å². The van der Waals surface area contributed by atoms with E-state index in [9.17, 15) is 4.79 Å². The number of carbonyl (C=O) groups excluding carboxylic acids is 1. The van der Waals surface area contributed by atoms with Crippen LogP contribution in [0.3, 0.4) is 0 Å². The second-order valence-electron chi connectivity index (χ2n) is 4.83. The smallest absolute Gasteiger partial charge is 0.282 e. The molecule has 2 fully saturated rings. The second-order valence-corrected chi connectivity index (χ2v) is 6.39. The van der Waals surface area contributed by atoms with Crippen LogP contribution >= 0.6 is 22.9 Å². The molecule has 2 atom stereocenters. The highest BCUT2D eigenvalue weighted by atomic mass is 35.5. The maximum Gasteiger partial charge on any atom is 0.282 e. The minimum atomic E-state index is -0.142. The van der Waals surface area contributed by atoms with Gasteiger partial charge in [-0.05, 0) is 37.4 Å². The van der Waals surface area contributed by atoms with Gasteiger partial charge in [0.15, 0.2) is 0 Å². The first kappa shape index (κ1) is 12.3. The molecule has 1 N–H and O–H groups in total. The minimum Gasteiger partial charge on any atom is -0.346 e. The fourth-order valence-corrected chi connectivity index (χ4v) is 3.67. The van der Waals surface area contributed by atoms with Gasteiger partial charge in [-0.15, -0.1) is 10.2 Å². The van der Waals surface area contributed by atoms with Crippen molar-refractivity contribution in [3.05, 3.63) is 9.47 Å². The topological polar surface area (TPSA) is 58.1 Å². The summed E-state index contributed by atoms with van der Waals surface area (Å²) >= 11 is 6.81. The van der Waals surface area contributed by atoms with Gasteiger partial charge in [0.05, 0.1) is 0 Å². The summed E-state index contributed by atoms with van der Waals surface area (Å²) in [5.74, 6) is -0.142. The van der Waals surface area contributed by atoms with E-state index in [2.05, 4.69) is 20.4 Å². The highest BCUT2D eigenvalue weighted by molar-refractivity contribution is 7.17. The SMILES string of the molecule is O=C(NC1CCN2CCCCC12)c1nnc(Cl)s1. The van der Waals surface area contributed by atoms with Crippen molar-refractivity contribution in [2.75, 3.05) is 13.1 Å². The summed E-state index contributed by atoms with van der Waals surface area (Å²) in [6, 6.07) is 0.756. The first-order valence-electron chi connectivity index (χ1n) is 6.28. The first-order valence-corrected chi connectivity index (χ1v) is 7.47. The monoisotopic (exact) mass is 286 g/mol. The molecule has 7 heteroatoms. The van der Waals surface area contributed by atoms with Crippen molar-refractivity contribution in [2.24, 2.45) is 0 Å². The van der Waals surface area contributed by atoms with Crippen LogP contribution in [-0.4, -0.2) is 46.2 Å². The molecule has 0 aromatic carbocycles. The third-order valence-electron chi connectivity index (χ3n) is 3.77. The van der Waals surface area contributed by atoms with Crippen LogP contribution in [-0.2, 0) is 0 Å². The maximum absolute atomic E-state index is 12.0. The fraction of sp³-hybridized carbons (Fsp3) is 0.727. The number of rotatable bonds is 2. The summed E-state index contributed by atoms with van der Waals surface area (Å²) in [7, 11) is 0. The first-order chi connectivity index (χ1) is 8.74. The third kappa shape index (κ3) is 2.37. The Hall–Kier alpha value is -0.720. The van der Waals surface area contributed by atoms with Crippen LogP contribution < -0.4 is 5.32 Å². The molecule has 0 saturated carbocycles. The highest BCUT2D eigenvalue weighted by Crippen LogP contribution is 2.27. The Balaban J connectivity index is 1.64. The van der Waals surface area contributed by atoms with Gasteiger partial charge in [-0.2, -0.15) is 0 Å². The molecule has 2 unspecified atom stereocenters. The van der Waals surface area contributed by atoms with Gasteiger partial charge in [0.2, 0.25) is 9.47 Å². The molecule has 2 saturated heterocycles. The van der Waals surface area contributed by atoms with Crippen LogP contribution in [0, 0.1) is 0 Å². The van der Waals surface area contributed by atoms with Crippen molar-refractivity contribution >= 4 is 28.8 Å². The van der Waals surface area contributed by atoms with Gasteiger partial charge in [0.25, 0.3) is 5.91 Å². The number of carbonyl (C=O) groups is 1. The van der Waals surface area contributed by atoms with Crippen LogP contribution in [0.15, 0.2) is 0 Å². The normalized spacial score (nSPS) is 28.1. The molecule has 0 radical (unpaired) electrons. The molecule has 1 amide bonds. The Morgan fingerprint density at radius 1 is 1.33 bits per heavy atom. The molecule has 3 heterocycles. The van der Waals surface area contributed by atoms with Crippen molar-refractivity contribution in [3.8, 4) is 0 Å². The van der Waals surface area contributed by atoms with E-state index in [-0.39, 0.29) is 11.9 Å². The van der Waals surface area contributed by atoms with Gasteiger partial charge < -0.3 is 5.32 Å². The zero-order valence-electron chi connectivity index (χ0n) is 9.93. The molecular weight excluding hydrogens is 272 g/mol. The molecule has 0 bridgehead atoms. The van der Waals surface area contributed by atoms with Crippen LogP contribution in [0.1, 0.15) is 35.5 Å². The van der Waals surface area contributed by atoms with Gasteiger partial charge in [-0.3, -0.25) is 9.69 Å². The van der Waals surface area contributed by atoms with Crippen LogP contribution in [0.2, 0.25) is 4.47 Å². The Bertz CT molecular complexity index is 452. The predicted molar refractivity (Wildman–Crippen MR) is 70.0 cm³/mol. The highest BCUT2D eigenvalue weighted by Gasteiger charge is 2.36. The molecular formula is C11H15ClN4OS. The van der Waals surface area contributed by atoms with E-state index >= 15 is 0 Å². The lowest BCUT2D eigenvalue weighted by Crippen LogP contribution is -2.46. The molecule has 98 valence electrons. The van der Waals surface area contributed by atoms with E-state index in [0.29, 0.717) is 15.5 Å². The quantitative estimate of drug-likeness (QED) is 0.896. The number of halogens is 1. The molecule has 3 rings (SSSR count). The summed E-state index contributed by atoms with van der Waals surface area (Å²) in [5, 5.41) is 10.9. The molecule has 2 aliphatic heterocycles. The third-order valence-corrected chi connectivity index (χ3v) is 4.78. The summed E-state index contributed by atoms with van der Waals surface area (Å²) in [6.07, 6.45) is 4.76. The molecule has 2 aliphatic rings. The number of nitrogens with zero attached hydrogens (tertiary/aromatic N) is 3. The number of aromatic nitrogens is 2. The Morgan fingerprint density at radius 3 is 3.00 bits per heavy atom. The van der Waals surface area contributed by atoms with E-state index < -0.39 is 0 Å². The van der Waals surface area contributed by atoms with Crippen molar-refractivity contribution in [2.45, 2.75) is 37.8 Å². The predicted octanol–water partition coefficient (Wildman–Crippen LogP) is 1.55. The van der Waals surface area contributed by atoms with Crippen molar-refractivity contribution < 1.29 is 4.79 Å². The molecule has 0 aliphatic carbocycles. The second kappa shape index (κ2) is 5.11. The standard InChI is InChI=1S/C11H15ClN4OS/c12-11-15-14-10(18-11)9(17)13-7-4-6-16-5-2-1-3-8(7)16/h7-8H,1-6H2,(H,13,17). The lowest BCUT2D eigenvalue weighted by molar-refractivity contribution is 0.0914. The fourth-order valence-electron chi connectivity index (χ4n) is 2.94. The van der Waals surface area contributed by atoms with Gasteiger partial charge in [0.1, 0.15) is 0 Å². The van der Waals surface area contributed by atoms with Crippen LogP contribution in [0.25, 0.3) is 0 Å². The zero-order chi connectivity index (χ0) is 12.5. The maximum atomic E-state index is 12.0. The van der Waals surface area contributed by atoms with E-state index in [1.807, 2.05) is 0 Å². The summed E-state index contributed by atoms with van der Waals surface area (Å²) in [6.45, 7) is 2.26. The number of hydrogen-bond donors (Lipinski definition) is 1. The molecule has 1 aromatic rings. The van der Waals surface area contributed by atoms with E-state index in [0.717, 1.165) is 24.3 Å². The number of fused-ring (bicyclic) bond motifs is 1. The molecule has 0 spiro atoms. The summed E-state index contributed by atoms with van der Waals surface area (Å²) in [4.78, 5) is 14.5. The van der Waals surface area contributed by atoms with Crippen molar-refractivity contribution in [1.29, 1.82) is 0 Å². The molecule has 1 aromatic heterocycles. The van der Waals surface area contributed by atoms with Gasteiger partial charge >= 0.3 is 0 Å². The molecule has 18 heavy (non-hydrogen) atoms. The summed E-state index contributed by atoms with van der Waals surface area (Å²) in [5.41, 5.74) is 0. The van der Waals surface area contributed by atoms with Crippen molar-refractivity contribution in [1.82, 2.24) is 20.4 Å². The zero-order valence-corrected chi connectivity index (χ0v) is 11.5. The molecule has 5 nitrogen and oxygen atoms in total. The Labute approximate surface area is 115 Å². The lowest BCUT2D eigenvalue weighted by Gasteiger charge is -2.32. The van der Waals surface area contributed by atoms with Gasteiger partial charge in [0, 0.05) is 18.6 Å². The van der Waals surface area contributed by atoms with Crippen molar-refractivity contribution in [3.63, 3.8) is 0 Å². The van der Waals surface area contributed by atoms with Gasteiger partial charge in [-0.25, -0.2) is 0 Å². The Kier molecular flexibility index (Phi) is 3.50. The minimum absolute atomic E-state index is 0.142. The lowest BCUT2D eigenvalue weighted by atomic mass is 9.99. The number of amides is 1. The van der Waals surface area contributed by atoms with Crippen LogP contribution in [0.4, 0.5) is 0 Å². The summed E-state index contributed by atoms with van der Waals surface area (Å²) < 4.78 is 0.311. The van der Waals surface area contributed by atoms with E-state index in [1.54, 1.807) is 0 Å².